The fourth-order valence-corrected chi connectivity index (χ4v) is 2.59. The number of aryl methyl sites for hydroxylation is 1. The van der Waals surface area contributed by atoms with E-state index in [0.29, 0.717) is 6.04 Å². The molecule has 0 radical (unpaired) electrons. The summed E-state index contributed by atoms with van der Waals surface area (Å²) in [5, 5.41) is 7.42. The van der Waals surface area contributed by atoms with Gasteiger partial charge in [-0.05, 0) is 18.7 Å². The Bertz CT molecular complexity index is 298. The van der Waals surface area contributed by atoms with Crippen LogP contribution in [0.1, 0.15) is 19.7 Å². The zero-order chi connectivity index (χ0) is 12.0. The van der Waals surface area contributed by atoms with E-state index in [1.165, 1.54) is 5.75 Å². The molecule has 1 aromatic rings. The summed E-state index contributed by atoms with van der Waals surface area (Å²) in [6.07, 6.45) is 2.56. The molecule has 16 heavy (non-hydrogen) atoms. The summed E-state index contributed by atoms with van der Waals surface area (Å²) in [4.78, 5) is 4.25. The highest BCUT2D eigenvalue weighted by Gasteiger charge is 2.11. The molecule has 1 atom stereocenters. The summed E-state index contributed by atoms with van der Waals surface area (Å²) in [5.41, 5.74) is 0. The summed E-state index contributed by atoms with van der Waals surface area (Å²) in [6.45, 7) is 4.51. The number of aromatic nitrogens is 3. The van der Waals surface area contributed by atoms with Gasteiger partial charge in [-0.15, -0.1) is 0 Å². The number of hydrogen-bond donors (Lipinski definition) is 1. The molecule has 0 aliphatic rings. The van der Waals surface area contributed by atoms with Crippen molar-refractivity contribution in [3.05, 3.63) is 12.2 Å². The Kier molecular flexibility index (Phi) is 5.84. The minimum absolute atomic E-state index is 0.478. The van der Waals surface area contributed by atoms with Crippen LogP contribution in [-0.4, -0.2) is 39.4 Å². The Labute approximate surface area is 102 Å². The van der Waals surface area contributed by atoms with Gasteiger partial charge >= 0.3 is 0 Å². The van der Waals surface area contributed by atoms with Crippen molar-refractivity contribution in [1.29, 1.82) is 0 Å². The second-order valence-electron chi connectivity index (χ2n) is 4.42. The Balaban J connectivity index is 2.35. The molecule has 0 saturated carbocycles. The van der Waals surface area contributed by atoms with Gasteiger partial charge in [0.25, 0.3) is 0 Å². The van der Waals surface area contributed by atoms with Crippen LogP contribution in [0.4, 0.5) is 0 Å². The van der Waals surface area contributed by atoms with E-state index in [1.807, 2.05) is 30.5 Å². The number of nitrogens with zero attached hydrogens (tertiary/aromatic N) is 3. The topological polar surface area (TPSA) is 42.7 Å². The van der Waals surface area contributed by atoms with Crippen LogP contribution in [0.5, 0.6) is 0 Å². The SMILES string of the molecule is CNC(CSCC(C)C)Cc1ncnn1C. The van der Waals surface area contributed by atoms with Gasteiger partial charge in [0.15, 0.2) is 0 Å². The first kappa shape index (κ1) is 13.5. The van der Waals surface area contributed by atoms with Gasteiger partial charge in [0, 0.05) is 25.3 Å². The molecule has 0 aromatic carbocycles. The summed E-state index contributed by atoms with van der Waals surface area (Å²) >= 11 is 2.00. The van der Waals surface area contributed by atoms with Crippen molar-refractivity contribution in [2.24, 2.45) is 13.0 Å². The second kappa shape index (κ2) is 6.91. The molecule has 0 bridgehead atoms. The van der Waals surface area contributed by atoms with E-state index in [2.05, 4.69) is 29.2 Å². The molecule has 4 nitrogen and oxygen atoms in total. The normalized spacial score (nSPS) is 13.3. The van der Waals surface area contributed by atoms with Crippen molar-refractivity contribution in [2.45, 2.75) is 26.3 Å². The highest BCUT2D eigenvalue weighted by atomic mass is 32.2. The van der Waals surface area contributed by atoms with Gasteiger partial charge in [-0.2, -0.15) is 16.9 Å². The molecule has 0 aliphatic carbocycles. The average Bonchev–Trinajstić information content (AvgIpc) is 2.62. The molecule has 1 N–H and O–H groups in total. The quantitative estimate of drug-likeness (QED) is 0.783. The predicted molar refractivity (Wildman–Crippen MR) is 69.7 cm³/mol. The summed E-state index contributed by atoms with van der Waals surface area (Å²) in [5.74, 6) is 4.15. The van der Waals surface area contributed by atoms with Gasteiger partial charge in [-0.1, -0.05) is 13.8 Å². The van der Waals surface area contributed by atoms with Crippen LogP contribution in [0.2, 0.25) is 0 Å². The third-order valence-corrected chi connectivity index (χ3v) is 3.95. The van der Waals surface area contributed by atoms with Crippen LogP contribution in [-0.2, 0) is 13.5 Å². The lowest BCUT2D eigenvalue weighted by molar-refractivity contribution is 0.572. The lowest BCUT2D eigenvalue weighted by atomic mass is 10.2. The first-order chi connectivity index (χ1) is 7.63. The van der Waals surface area contributed by atoms with E-state index in [9.17, 15) is 0 Å². The van der Waals surface area contributed by atoms with Gasteiger partial charge in [-0.25, -0.2) is 4.98 Å². The van der Waals surface area contributed by atoms with Gasteiger partial charge in [-0.3, -0.25) is 4.68 Å². The zero-order valence-corrected chi connectivity index (χ0v) is 11.4. The molecule has 1 rings (SSSR count). The van der Waals surface area contributed by atoms with E-state index >= 15 is 0 Å². The molecular formula is C11H22N4S. The largest absolute Gasteiger partial charge is 0.316 e. The number of rotatable bonds is 7. The number of hydrogen-bond acceptors (Lipinski definition) is 4. The van der Waals surface area contributed by atoms with E-state index in [1.54, 1.807) is 6.33 Å². The van der Waals surface area contributed by atoms with Crippen LogP contribution in [0.3, 0.4) is 0 Å². The third kappa shape index (κ3) is 4.53. The van der Waals surface area contributed by atoms with Crippen molar-refractivity contribution in [3.8, 4) is 0 Å². The molecular weight excluding hydrogens is 220 g/mol. The molecule has 1 unspecified atom stereocenters. The first-order valence-electron chi connectivity index (χ1n) is 5.71. The fourth-order valence-electron chi connectivity index (χ4n) is 1.42. The van der Waals surface area contributed by atoms with Gasteiger partial charge in [0.1, 0.15) is 12.2 Å². The zero-order valence-electron chi connectivity index (χ0n) is 10.6. The van der Waals surface area contributed by atoms with E-state index in [0.717, 1.165) is 23.9 Å². The Morgan fingerprint density at radius 1 is 1.44 bits per heavy atom. The molecule has 0 spiro atoms. The van der Waals surface area contributed by atoms with Gasteiger partial charge < -0.3 is 5.32 Å². The first-order valence-corrected chi connectivity index (χ1v) is 6.86. The molecule has 0 saturated heterocycles. The van der Waals surface area contributed by atoms with Crippen molar-refractivity contribution in [1.82, 2.24) is 20.1 Å². The van der Waals surface area contributed by atoms with Crippen molar-refractivity contribution < 1.29 is 0 Å². The standard InChI is InChI=1S/C11H22N4S/c1-9(2)6-16-7-10(12-3)5-11-13-8-14-15(11)4/h8-10,12H,5-7H2,1-4H3. The highest BCUT2D eigenvalue weighted by Crippen LogP contribution is 2.10. The Morgan fingerprint density at radius 2 is 2.19 bits per heavy atom. The van der Waals surface area contributed by atoms with E-state index < -0.39 is 0 Å². The predicted octanol–water partition coefficient (Wildman–Crippen LogP) is 1.33. The van der Waals surface area contributed by atoms with Crippen LogP contribution < -0.4 is 5.32 Å². The summed E-state index contributed by atoms with van der Waals surface area (Å²) < 4.78 is 1.84. The second-order valence-corrected chi connectivity index (χ2v) is 5.50. The monoisotopic (exact) mass is 242 g/mol. The highest BCUT2D eigenvalue weighted by molar-refractivity contribution is 7.99. The molecule has 92 valence electrons. The molecule has 0 amide bonds. The molecule has 1 heterocycles. The Hall–Kier alpha value is -0.550. The minimum Gasteiger partial charge on any atom is -0.316 e. The van der Waals surface area contributed by atoms with Crippen molar-refractivity contribution in [3.63, 3.8) is 0 Å². The smallest absolute Gasteiger partial charge is 0.138 e. The summed E-state index contributed by atoms with van der Waals surface area (Å²) in [7, 11) is 3.95. The van der Waals surface area contributed by atoms with Crippen LogP contribution in [0, 0.1) is 5.92 Å². The fraction of sp³-hybridized carbons (Fsp3) is 0.818. The third-order valence-electron chi connectivity index (χ3n) is 2.41. The van der Waals surface area contributed by atoms with E-state index in [4.69, 9.17) is 0 Å². The number of nitrogens with one attached hydrogen (secondary N) is 1. The average molecular weight is 242 g/mol. The lowest BCUT2D eigenvalue weighted by Gasteiger charge is -2.15. The van der Waals surface area contributed by atoms with Gasteiger partial charge in [0.05, 0.1) is 0 Å². The molecule has 0 fully saturated rings. The Morgan fingerprint density at radius 3 is 2.69 bits per heavy atom. The van der Waals surface area contributed by atoms with E-state index in [-0.39, 0.29) is 0 Å². The minimum atomic E-state index is 0.478. The van der Waals surface area contributed by atoms with Crippen molar-refractivity contribution >= 4 is 11.8 Å². The van der Waals surface area contributed by atoms with Crippen LogP contribution >= 0.6 is 11.8 Å². The van der Waals surface area contributed by atoms with Crippen LogP contribution in [0.15, 0.2) is 6.33 Å². The number of likely N-dealkylation sites (N-methyl/N-ethyl adjacent to an activating group) is 1. The summed E-state index contributed by atoms with van der Waals surface area (Å²) in [6, 6.07) is 0.478. The molecule has 1 aromatic heterocycles. The van der Waals surface area contributed by atoms with Gasteiger partial charge in [0.2, 0.25) is 0 Å². The van der Waals surface area contributed by atoms with Crippen LogP contribution in [0.25, 0.3) is 0 Å². The maximum absolute atomic E-state index is 4.25. The number of thioether (sulfide) groups is 1. The molecule has 0 aliphatic heterocycles. The maximum atomic E-state index is 4.25. The lowest BCUT2D eigenvalue weighted by Crippen LogP contribution is -2.31. The van der Waals surface area contributed by atoms with Crippen molar-refractivity contribution in [2.75, 3.05) is 18.6 Å². The maximum Gasteiger partial charge on any atom is 0.138 e. The molecule has 5 heteroatoms.